The Morgan fingerprint density at radius 3 is 2.75 bits per heavy atom. The van der Waals surface area contributed by atoms with Crippen LogP contribution in [0, 0.1) is 0 Å². The van der Waals surface area contributed by atoms with Gasteiger partial charge in [-0.2, -0.15) is 0 Å². The second kappa shape index (κ2) is 7.72. The molecule has 1 unspecified atom stereocenters. The molecule has 1 amide bonds. The number of rotatable bonds is 5. The molecule has 1 aromatic heterocycles. The van der Waals surface area contributed by atoms with Crippen molar-refractivity contribution in [3.63, 3.8) is 0 Å². The highest BCUT2D eigenvalue weighted by molar-refractivity contribution is 5.84. The number of carbonyl (C=O) groups is 1. The number of hydrogen-bond acceptors (Lipinski definition) is 3. The zero-order chi connectivity index (χ0) is 19.6. The van der Waals surface area contributed by atoms with Crippen molar-refractivity contribution in [1.82, 2.24) is 15.2 Å². The van der Waals surface area contributed by atoms with Gasteiger partial charge in [-0.25, -0.2) is 0 Å². The molecule has 0 saturated carbocycles. The van der Waals surface area contributed by atoms with Crippen molar-refractivity contribution >= 4 is 16.7 Å². The highest BCUT2D eigenvalue weighted by Crippen LogP contribution is 2.30. The fourth-order valence-electron chi connectivity index (χ4n) is 4.20. The summed E-state index contributed by atoms with van der Waals surface area (Å²) in [7, 11) is 0. The largest absolute Gasteiger partial charge is 0.352 e. The van der Waals surface area contributed by atoms with E-state index in [2.05, 4.69) is 59.4 Å². The molecule has 0 radical (unpaired) electrons. The average Bonchev–Trinajstić information content (AvgIpc) is 2.95. The number of fused-ring (bicyclic) bond motifs is 1. The number of carbonyl (C=O) groups excluding carboxylic acids is 1. The third-order valence-electron chi connectivity index (χ3n) is 5.69. The first-order chi connectivity index (χ1) is 13.5. The fourth-order valence-corrected chi connectivity index (χ4v) is 4.20. The van der Waals surface area contributed by atoms with Crippen molar-refractivity contribution in [2.45, 2.75) is 44.8 Å². The van der Waals surface area contributed by atoms with E-state index in [1.54, 1.807) is 6.20 Å². The lowest BCUT2D eigenvalue weighted by Crippen LogP contribution is -2.38. The Labute approximate surface area is 166 Å². The molecule has 1 atom stereocenters. The minimum absolute atomic E-state index is 0.0732. The maximum atomic E-state index is 12.6. The van der Waals surface area contributed by atoms with Gasteiger partial charge >= 0.3 is 0 Å². The highest BCUT2D eigenvalue weighted by atomic mass is 16.1. The van der Waals surface area contributed by atoms with Crippen molar-refractivity contribution in [3.8, 4) is 0 Å². The number of nitrogens with one attached hydrogen (secondary N) is 1. The Bertz CT molecular complexity index is 968. The van der Waals surface area contributed by atoms with E-state index >= 15 is 0 Å². The van der Waals surface area contributed by atoms with Crippen molar-refractivity contribution in [1.29, 1.82) is 0 Å². The standard InChI is InChI=1S/C24H27N3O/c1-24(2)14-22(17-27(24)16-18-6-4-3-5-7-18)26-23(28)13-19-8-9-21-15-25-11-10-20(21)12-19/h3-12,15,22H,13-14,16-17H2,1-2H3,(H,26,28). The van der Waals surface area contributed by atoms with Crippen LogP contribution >= 0.6 is 0 Å². The first-order valence-electron chi connectivity index (χ1n) is 9.91. The number of likely N-dealkylation sites (tertiary alicyclic amines) is 1. The van der Waals surface area contributed by atoms with E-state index in [4.69, 9.17) is 0 Å². The van der Waals surface area contributed by atoms with Crippen LogP contribution in [0.25, 0.3) is 10.8 Å². The van der Waals surface area contributed by atoms with Crippen molar-refractivity contribution in [2.24, 2.45) is 0 Å². The zero-order valence-corrected chi connectivity index (χ0v) is 16.6. The summed E-state index contributed by atoms with van der Waals surface area (Å²) in [5.74, 6) is 0.0933. The Kier molecular flexibility index (Phi) is 5.14. The van der Waals surface area contributed by atoms with Crippen LogP contribution in [0.5, 0.6) is 0 Å². The number of pyridine rings is 1. The molecule has 0 aliphatic carbocycles. The molecule has 28 heavy (non-hydrogen) atoms. The van der Waals surface area contributed by atoms with Crippen LogP contribution in [0.1, 0.15) is 31.4 Å². The maximum absolute atomic E-state index is 12.6. The molecule has 4 nitrogen and oxygen atoms in total. The van der Waals surface area contributed by atoms with Gasteiger partial charge in [0.2, 0.25) is 5.91 Å². The van der Waals surface area contributed by atoms with E-state index < -0.39 is 0 Å². The van der Waals surface area contributed by atoms with Gasteiger partial charge in [0.1, 0.15) is 0 Å². The predicted molar refractivity (Wildman–Crippen MR) is 113 cm³/mol. The van der Waals surface area contributed by atoms with E-state index in [0.717, 1.165) is 35.8 Å². The lowest BCUT2D eigenvalue weighted by molar-refractivity contribution is -0.121. The zero-order valence-electron chi connectivity index (χ0n) is 16.6. The molecule has 0 bridgehead atoms. The normalized spacial score (nSPS) is 19.0. The van der Waals surface area contributed by atoms with Crippen LogP contribution in [0.3, 0.4) is 0 Å². The van der Waals surface area contributed by atoms with Crippen LogP contribution in [-0.2, 0) is 17.8 Å². The number of benzene rings is 2. The minimum atomic E-state index is 0.0732. The molecule has 1 fully saturated rings. The Hall–Kier alpha value is -2.72. The van der Waals surface area contributed by atoms with Gasteiger partial charge in [-0.3, -0.25) is 14.7 Å². The van der Waals surface area contributed by atoms with Gasteiger partial charge in [-0.1, -0.05) is 48.5 Å². The van der Waals surface area contributed by atoms with Gasteiger partial charge in [0.05, 0.1) is 6.42 Å². The number of amides is 1. The summed E-state index contributed by atoms with van der Waals surface area (Å²) in [4.78, 5) is 19.2. The van der Waals surface area contributed by atoms with E-state index in [1.165, 1.54) is 5.56 Å². The van der Waals surface area contributed by atoms with Crippen molar-refractivity contribution in [3.05, 3.63) is 78.1 Å². The molecule has 4 rings (SSSR count). The second-order valence-corrected chi connectivity index (χ2v) is 8.38. The summed E-state index contributed by atoms with van der Waals surface area (Å²) < 4.78 is 0. The molecule has 1 saturated heterocycles. The lowest BCUT2D eigenvalue weighted by atomic mass is 9.99. The van der Waals surface area contributed by atoms with E-state index in [1.807, 2.05) is 30.5 Å². The van der Waals surface area contributed by atoms with Crippen molar-refractivity contribution in [2.75, 3.05) is 6.54 Å². The van der Waals surface area contributed by atoms with Gasteiger partial charge < -0.3 is 5.32 Å². The predicted octanol–water partition coefficient (Wildman–Crippen LogP) is 3.95. The van der Waals surface area contributed by atoms with Crippen LogP contribution in [0.15, 0.2) is 67.0 Å². The first-order valence-corrected chi connectivity index (χ1v) is 9.91. The summed E-state index contributed by atoms with van der Waals surface area (Å²) >= 11 is 0. The summed E-state index contributed by atoms with van der Waals surface area (Å²) in [6, 6.07) is 18.8. The molecule has 144 valence electrons. The van der Waals surface area contributed by atoms with Gasteiger partial charge in [-0.15, -0.1) is 0 Å². The quantitative estimate of drug-likeness (QED) is 0.737. The number of aromatic nitrogens is 1. The van der Waals surface area contributed by atoms with Gasteiger partial charge in [-0.05, 0) is 42.8 Å². The smallest absolute Gasteiger partial charge is 0.224 e. The lowest BCUT2D eigenvalue weighted by Gasteiger charge is -2.31. The fraction of sp³-hybridized carbons (Fsp3) is 0.333. The van der Waals surface area contributed by atoms with E-state index in [9.17, 15) is 4.79 Å². The minimum Gasteiger partial charge on any atom is -0.352 e. The second-order valence-electron chi connectivity index (χ2n) is 8.38. The monoisotopic (exact) mass is 373 g/mol. The number of hydrogen-bond donors (Lipinski definition) is 1. The molecule has 1 aliphatic rings. The third-order valence-corrected chi connectivity index (χ3v) is 5.69. The Morgan fingerprint density at radius 1 is 1.11 bits per heavy atom. The molecule has 0 spiro atoms. The van der Waals surface area contributed by atoms with Gasteiger partial charge in [0, 0.05) is 42.5 Å². The maximum Gasteiger partial charge on any atom is 0.224 e. The van der Waals surface area contributed by atoms with E-state index in [-0.39, 0.29) is 17.5 Å². The van der Waals surface area contributed by atoms with Crippen LogP contribution < -0.4 is 5.32 Å². The average molecular weight is 374 g/mol. The molecule has 2 aromatic carbocycles. The Morgan fingerprint density at radius 2 is 1.93 bits per heavy atom. The SMILES string of the molecule is CC1(C)CC(NC(=O)Cc2ccc3cnccc3c2)CN1Cc1ccccc1. The molecule has 4 heteroatoms. The summed E-state index contributed by atoms with van der Waals surface area (Å²) in [6.45, 7) is 6.33. The molecule has 1 N–H and O–H groups in total. The first kappa shape index (κ1) is 18.6. The molecular formula is C24H27N3O. The molecular weight excluding hydrogens is 346 g/mol. The topological polar surface area (TPSA) is 45.2 Å². The third kappa shape index (κ3) is 4.23. The Balaban J connectivity index is 1.37. The molecule has 2 heterocycles. The molecule has 1 aliphatic heterocycles. The van der Waals surface area contributed by atoms with E-state index in [0.29, 0.717) is 6.42 Å². The van der Waals surface area contributed by atoms with Gasteiger partial charge in [0.25, 0.3) is 0 Å². The summed E-state index contributed by atoms with van der Waals surface area (Å²) in [5, 5.41) is 5.47. The van der Waals surface area contributed by atoms with Crippen molar-refractivity contribution < 1.29 is 4.79 Å². The van der Waals surface area contributed by atoms with Crippen LogP contribution in [0.2, 0.25) is 0 Å². The highest BCUT2D eigenvalue weighted by Gasteiger charge is 2.38. The summed E-state index contributed by atoms with van der Waals surface area (Å²) in [6.07, 6.45) is 5.01. The summed E-state index contributed by atoms with van der Waals surface area (Å²) in [5.41, 5.74) is 2.42. The van der Waals surface area contributed by atoms with Crippen LogP contribution in [-0.4, -0.2) is 33.9 Å². The molecule has 3 aromatic rings. The van der Waals surface area contributed by atoms with Gasteiger partial charge in [0.15, 0.2) is 0 Å². The van der Waals surface area contributed by atoms with Crippen LogP contribution in [0.4, 0.5) is 0 Å². The number of nitrogens with zero attached hydrogens (tertiary/aromatic N) is 2.